The first-order chi connectivity index (χ1) is 9.11. The van der Waals surface area contributed by atoms with Crippen LogP contribution in [0.4, 0.5) is 8.78 Å². The van der Waals surface area contributed by atoms with Crippen molar-refractivity contribution in [3.05, 3.63) is 35.4 Å². The first kappa shape index (κ1) is 11.8. The number of nitrogens with one attached hydrogen (secondary N) is 1. The molecule has 1 spiro atoms. The molecule has 4 rings (SSSR count). The molecule has 0 heterocycles. The van der Waals surface area contributed by atoms with Crippen molar-refractivity contribution in [1.29, 1.82) is 0 Å². The van der Waals surface area contributed by atoms with Crippen molar-refractivity contribution in [2.24, 2.45) is 5.41 Å². The van der Waals surface area contributed by atoms with E-state index in [1.807, 2.05) is 0 Å². The summed E-state index contributed by atoms with van der Waals surface area (Å²) in [5, 5.41) is 3.54. The molecule has 0 bridgehead atoms. The van der Waals surface area contributed by atoms with E-state index in [4.69, 9.17) is 0 Å². The summed E-state index contributed by atoms with van der Waals surface area (Å²) in [5.41, 5.74) is 1.14. The quantitative estimate of drug-likeness (QED) is 0.876. The van der Waals surface area contributed by atoms with Gasteiger partial charge in [0.25, 0.3) is 0 Å². The number of benzene rings is 1. The summed E-state index contributed by atoms with van der Waals surface area (Å²) in [6.45, 7) is 0.849. The molecule has 1 N–H and O–H groups in total. The summed E-state index contributed by atoms with van der Waals surface area (Å²) in [7, 11) is 0. The zero-order valence-corrected chi connectivity index (χ0v) is 11.0. The summed E-state index contributed by atoms with van der Waals surface area (Å²) in [6.07, 6.45) is 7.22. The molecule has 3 aliphatic rings. The van der Waals surface area contributed by atoms with Crippen molar-refractivity contribution >= 4 is 0 Å². The highest BCUT2D eigenvalue weighted by atomic mass is 19.1. The van der Waals surface area contributed by atoms with Gasteiger partial charge in [0.1, 0.15) is 11.6 Å². The van der Waals surface area contributed by atoms with Crippen LogP contribution < -0.4 is 5.32 Å². The minimum Gasteiger partial charge on any atom is -0.313 e. The molecule has 19 heavy (non-hydrogen) atoms. The van der Waals surface area contributed by atoms with E-state index in [0.717, 1.165) is 31.0 Å². The van der Waals surface area contributed by atoms with Gasteiger partial charge in [-0.2, -0.15) is 0 Å². The Kier molecular flexibility index (Phi) is 2.36. The Morgan fingerprint density at radius 3 is 2.47 bits per heavy atom. The molecular formula is C16H19F2N. The Bertz CT molecular complexity index is 509. The van der Waals surface area contributed by atoms with Gasteiger partial charge in [0.2, 0.25) is 0 Å². The molecule has 0 amide bonds. The molecule has 1 nitrogen and oxygen atoms in total. The van der Waals surface area contributed by atoms with Crippen molar-refractivity contribution in [2.75, 3.05) is 6.54 Å². The van der Waals surface area contributed by atoms with Crippen LogP contribution in [-0.2, 0) is 5.41 Å². The second kappa shape index (κ2) is 3.78. The second-order valence-corrected chi connectivity index (χ2v) is 6.91. The summed E-state index contributed by atoms with van der Waals surface area (Å²) in [4.78, 5) is 0. The largest absolute Gasteiger partial charge is 0.313 e. The molecule has 0 aliphatic heterocycles. The van der Waals surface area contributed by atoms with Crippen LogP contribution in [-0.4, -0.2) is 12.6 Å². The molecule has 3 aliphatic carbocycles. The second-order valence-electron chi connectivity index (χ2n) is 6.91. The van der Waals surface area contributed by atoms with Gasteiger partial charge in [-0.25, -0.2) is 8.78 Å². The van der Waals surface area contributed by atoms with Gasteiger partial charge in [-0.3, -0.25) is 0 Å². The van der Waals surface area contributed by atoms with E-state index in [9.17, 15) is 8.78 Å². The van der Waals surface area contributed by atoms with Crippen LogP contribution in [0.25, 0.3) is 0 Å². The molecule has 3 saturated carbocycles. The van der Waals surface area contributed by atoms with E-state index in [0.29, 0.717) is 11.5 Å². The van der Waals surface area contributed by atoms with Crippen LogP contribution >= 0.6 is 0 Å². The summed E-state index contributed by atoms with van der Waals surface area (Å²) >= 11 is 0. The molecule has 102 valence electrons. The van der Waals surface area contributed by atoms with E-state index < -0.39 is 5.82 Å². The van der Waals surface area contributed by atoms with Crippen molar-refractivity contribution in [3.8, 4) is 0 Å². The molecule has 0 unspecified atom stereocenters. The monoisotopic (exact) mass is 263 g/mol. The van der Waals surface area contributed by atoms with Crippen molar-refractivity contribution in [1.82, 2.24) is 5.32 Å². The van der Waals surface area contributed by atoms with Crippen LogP contribution in [0, 0.1) is 17.0 Å². The lowest BCUT2D eigenvalue weighted by Gasteiger charge is -2.49. The van der Waals surface area contributed by atoms with Gasteiger partial charge in [-0.05, 0) is 55.6 Å². The Morgan fingerprint density at radius 1 is 1.16 bits per heavy atom. The molecule has 0 radical (unpaired) electrons. The highest BCUT2D eigenvalue weighted by Crippen LogP contribution is 2.69. The van der Waals surface area contributed by atoms with Crippen LogP contribution in [0.2, 0.25) is 0 Å². The fraction of sp³-hybridized carbons (Fsp3) is 0.625. The van der Waals surface area contributed by atoms with Crippen LogP contribution in [0.1, 0.15) is 44.1 Å². The molecule has 1 aromatic rings. The summed E-state index contributed by atoms with van der Waals surface area (Å²) in [6, 6.07) is 4.73. The smallest absolute Gasteiger partial charge is 0.129 e. The molecule has 0 saturated heterocycles. The van der Waals surface area contributed by atoms with Crippen LogP contribution in [0.15, 0.2) is 18.2 Å². The SMILES string of the molecule is Fc1ccc(C2(CNC3CC3)CC3(CC3)C2)c(F)c1. The Morgan fingerprint density at radius 2 is 1.89 bits per heavy atom. The van der Waals surface area contributed by atoms with Crippen molar-refractivity contribution in [2.45, 2.75) is 50.0 Å². The van der Waals surface area contributed by atoms with E-state index in [1.54, 1.807) is 6.07 Å². The number of hydrogen-bond donors (Lipinski definition) is 1. The molecule has 0 aromatic heterocycles. The number of rotatable bonds is 4. The fourth-order valence-corrected chi connectivity index (χ4v) is 3.87. The van der Waals surface area contributed by atoms with Gasteiger partial charge in [-0.1, -0.05) is 6.07 Å². The zero-order valence-electron chi connectivity index (χ0n) is 11.0. The highest BCUT2D eigenvalue weighted by Gasteiger charge is 2.61. The predicted octanol–water partition coefficient (Wildman–Crippen LogP) is 3.53. The maximum absolute atomic E-state index is 14.1. The first-order valence-electron chi connectivity index (χ1n) is 7.30. The topological polar surface area (TPSA) is 12.0 Å². The molecule has 3 heteroatoms. The lowest BCUT2D eigenvalue weighted by molar-refractivity contribution is 0.112. The van der Waals surface area contributed by atoms with Crippen LogP contribution in [0.3, 0.4) is 0 Å². The molecule has 3 fully saturated rings. The first-order valence-corrected chi connectivity index (χ1v) is 7.30. The summed E-state index contributed by atoms with van der Waals surface area (Å²) in [5.74, 6) is -0.847. The van der Waals surface area contributed by atoms with E-state index in [1.165, 1.54) is 31.7 Å². The lowest BCUT2D eigenvalue weighted by Crippen LogP contribution is -2.50. The average molecular weight is 263 g/mol. The van der Waals surface area contributed by atoms with E-state index >= 15 is 0 Å². The van der Waals surface area contributed by atoms with Crippen molar-refractivity contribution in [3.63, 3.8) is 0 Å². The third-order valence-electron chi connectivity index (χ3n) is 5.19. The Hall–Kier alpha value is -0.960. The van der Waals surface area contributed by atoms with Gasteiger partial charge in [0.15, 0.2) is 0 Å². The van der Waals surface area contributed by atoms with Gasteiger partial charge in [0.05, 0.1) is 0 Å². The summed E-state index contributed by atoms with van der Waals surface area (Å²) < 4.78 is 27.2. The van der Waals surface area contributed by atoms with Gasteiger partial charge < -0.3 is 5.32 Å². The third kappa shape index (κ3) is 1.99. The van der Waals surface area contributed by atoms with Crippen LogP contribution in [0.5, 0.6) is 0 Å². The highest BCUT2D eigenvalue weighted by molar-refractivity contribution is 5.35. The number of halogens is 2. The standard InChI is InChI=1S/C16H19F2N/c17-11-1-4-13(14(18)7-11)16(10-19-12-2-3-12)8-15(9-16)5-6-15/h1,4,7,12,19H,2-3,5-6,8-10H2. The Labute approximate surface area is 112 Å². The fourth-order valence-electron chi connectivity index (χ4n) is 3.87. The normalized spacial score (nSPS) is 26.2. The van der Waals surface area contributed by atoms with Gasteiger partial charge in [-0.15, -0.1) is 0 Å². The van der Waals surface area contributed by atoms with Crippen molar-refractivity contribution < 1.29 is 8.78 Å². The third-order valence-corrected chi connectivity index (χ3v) is 5.19. The maximum atomic E-state index is 14.1. The minimum absolute atomic E-state index is 0.0864. The van der Waals surface area contributed by atoms with E-state index in [-0.39, 0.29) is 11.2 Å². The molecule has 0 atom stereocenters. The molecular weight excluding hydrogens is 244 g/mol. The van der Waals surface area contributed by atoms with E-state index in [2.05, 4.69) is 5.32 Å². The van der Waals surface area contributed by atoms with Gasteiger partial charge >= 0.3 is 0 Å². The lowest BCUT2D eigenvalue weighted by atomic mass is 9.56. The zero-order chi connectivity index (χ0) is 13.1. The average Bonchev–Trinajstić information content (AvgIpc) is 3.20. The minimum atomic E-state index is -0.480. The maximum Gasteiger partial charge on any atom is 0.129 e. The Balaban J connectivity index is 1.61. The number of hydrogen-bond acceptors (Lipinski definition) is 1. The van der Waals surface area contributed by atoms with Gasteiger partial charge in [0, 0.05) is 24.1 Å². The molecule has 1 aromatic carbocycles. The predicted molar refractivity (Wildman–Crippen MR) is 70.0 cm³/mol.